The van der Waals surface area contributed by atoms with E-state index in [1.807, 2.05) is 6.92 Å². The maximum absolute atomic E-state index is 12.2. The molecule has 0 aromatic heterocycles. The van der Waals surface area contributed by atoms with Gasteiger partial charge < -0.3 is 15.3 Å². The Morgan fingerprint density at radius 1 is 1.50 bits per heavy atom. The molecular weight excluding hydrogens is 256 g/mol. The van der Waals surface area contributed by atoms with E-state index >= 15 is 0 Å². The van der Waals surface area contributed by atoms with Crippen LogP contribution in [0, 0.1) is 11.8 Å². The lowest BCUT2D eigenvalue weighted by atomic mass is 9.76. The maximum atomic E-state index is 12.2. The Labute approximate surface area is 121 Å². The van der Waals surface area contributed by atoms with E-state index < -0.39 is 11.5 Å². The maximum Gasteiger partial charge on any atom is 0.329 e. The third-order valence-corrected chi connectivity index (χ3v) is 4.38. The van der Waals surface area contributed by atoms with Gasteiger partial charge in [-0.05, 0) is 24.7 Å². The van der Waals surface area contributed by atoms with Gasteiger partial charge in [0, 0.05) is 13.6 Å². The van der Waals surface area contributed by atoms with Gasteiger partial charge in [-0.3, -0.25) is 0 Å². The highest BCUT2D eigenvalue weighted by Crippen LogP contribution is 2.32. The molecule has 5 nitrogen and oxygen atoms in total. The molecule has 20 heavy (non-hydrogen) atoms. The Morgan fingerprint density at radius 2 is 2.15 bits per heavy atom. The number of carbonyl (C=O) groups is 2. The monoisotopic (exact) mass is 284 g/mol. The molecule has 0 aromatic carbocycles. The van der Waals surface area contributed by atoms with Crippen molar-refractivity contribution in [3.05, 3.63) is 0 Å². The van der Waals surface area contributed by atoms with E-state index in [4.69, 9.17) is 0 Å². The highest BCUT2D eigenvalue weighted by atomic mass is 16.4. The molecule has 0 saturated heterocycles. The van der Waals surface area contributed by atoms with E-state index in [0.717, 1.165) is 19.3 Å². The van der Waals surface area contributed by atoms with Gasteiger partial charge in [0.2, 0.25) is 0 Å². The molecule has 3 unspecified atom stereocenters. The summed E-state index contributed by atoms with van der Waals surface area (Å²) in [6, 6.07) is -0.276. The van der Waals surface area contributed by atoms with Crippen molar-refractivity contribution >= 4 is 12.0 Å². The average molecular weight is 284 g/mol. The van der Waals surface area contributed by atoms with Crippen molar-refractivity contribution in [2.45, 2.75) is 58.4 Å². The van der Waals surface area contributed by atoms with E-state index in [-0.39, 0.29) is 6.03 Å². The molecule has 116 valence electrons. The van der Waals surface area contributed by atoms with Gasteiger partial charge in [0.05, 0.1) is 0 Å². The van der Waals surface area contributed by atoms with Crippen LogP contribution in [0.25, 0.3) is 0 Å². The molecule has 2 N–H and O–H groups in total. The third kappa shape index (κ3) is 4.12. The molecule has 0 aliphatic heterocycles. The zero-order valence-electron chi connectivity index (χ0n) is 13.1. The van der Waals surface area contributed by atoms with Crippen LogP contribution in [-0.2, 0) is 4.79 Å². The van der Waals surface area contributed by atoms with Gasteiger partial charge in [-0.2, -0.15) is 0 Å². The average Bonchev–Trinajstić information content (AvgIpc) is 2.38. The fraction of sp³-hybridized carbons (Fsp3) is 0.867. The van der Waals surface area contributed by atoms with E-state index in [9.17, 15) is 14.7 Å². The topological polar surface area (TPSA) is 69.6 Å². The minimum absolute atomic E-state index is 0.276. The summed E-state index contributed by atoms with van der Waals surface area (Å²) in [7, 11) is 1.73. The molecular formula is C15H28N2O3. The van der Waals surface area contributed by atoms with Crippen LogP contribution in [0.4, 0.5) is 4.79 Å². The Bertz CT molecular complexity index is 359. The van der Waals surface area contributed by atoms with Gasteiger partial charge in [0.15, 0.2) is 0 Å². The number of carbonyl (C=O) groups excluding carboxylic acids is 1. The van der Waals surface area contributed by atoms with Crippen LogP contribution >= 0.6 is 0 Å². The first-order valence-corrected chi connectivity index (χ1v) is 7.57. The normalized spacial score (nSPS) is 27.7. The van der Waals surface area contributed by atoms with E-state index in [1.54, 1.807) is 11.9 Å². The predicted octanol–water partition coefficient (Wildman–Crippen LogP) is 2.71. The first-order valence-electron chi connectivity index (χ1n) is 7.57. The van der Waals surface area contributed by atoms with E-state index in [0.29, 0.717) is 31.2 Å². The van der Waals surface area contributed by atoms with Crippen molar-refractivity contribution in [2.24, 2.45) is 11.8 Å². The third-order valence-electron chi connectivity index (χ3n) is 4.38. The Morgan fingerprint density at radius 3 is 2.65 bits per heavy atom. The number of nitrogens with zero attached hydrogens (tertiary/aromatic N) is 1. The fourth-order valence-electron chi connectivity index (χ4n) is 2.89. The standard InChI is InChI=1S/C15H28N2O3/c1-5-11(2)10-17(4)14(20)16-15(13(18)19)8-6-7-12(3)9-15/h11-12H,5-10H2,1-4H3,(H,16,20)(H,18,19). The second-order valence-corrected chi connectivity index (χ2v) is 6.41. The van der Waals surface area contributed by atoms with Crippen LogP contribution in [-0.4, -0.2) is 41.1 Å². The lowest BCUT2D eigenvalue weighted by Gasteiger charge is -2.38. The molecule has 1 rings (SSSR count). The minimum Gasteiger partial charge on any atom is -0.480 e. The van der Waals surface area contributed by atoms with Crippen molar-refractivity contribution < 1.29 is 14.7 Å². The number of carboxylic acids is 1. The van der Waals surface area contributed by atoms with Crippen molar-refractivity contribution in [3.8, 4) is 0 Å². The molecule has 5 heteroatoms. The summed E-state index contributed by atoms with van der Waals surface area (Å²) in [4.78, 5) is 25.5. The Hall–Kier alpha value is -1.26. The Balaban J connectivity index is 2.70. The second kappa shape index (κ2) is 6.95. The van der Waals surface area contributed by atoms with Crippen LogP contribution in [0.1, 0.15) is 52.9 Å². The van der Waals surface area contributed by atoms with Crippen molar-refractivity contribution in [1.82, 2.24) is 10.2 Å². The zero-order chi connectivity index (χ0) is 15.3. The molecule has 2 amide bonds. The number of carboxylic acid groups (broad SMARTS) is 1. The fourth-order valence-corrected chi connectivity index (χ4v) is 2.89. The lowest BCUT2D eigenvalue weighted by molar-refractivity contribution is -0.146. The number of amides is 2. The summed E-state index contributed by atoms with van der Waals surface area (Å²) in [5, 5.41) is 12.3. The minimum atomic E-state index is -1.08. The molecule has 0 bridgehead atoms. The molecule has 1 aliphatic carbocycles. The molecule has 0 spiro atoms. The van der Waals surface area contributed by atoms with Crippen LogP contribution in [0.2, 0.25) is 0 Å². The summed E-state index contributed by atoms with van der Waals surface area (Å²) >= 11 is 0. The first kappa shape index (κ1) is 16.8. The van der Waals surface area contributed by atoms with E-state index in [1.165, 1.54) is 0 Å². The number of hydrogen-bond donors (Lipinski definition) is 2. The van der Waals surface area contributed by atoms with Crippen LogP contribution in [0.15, 0.2) is 0 Å². The first-order chi connectivity index (χ1) is 9.30. The smallest absolute Gasteiger partial charge is 0.329 e. The molecule has 1 aliphatic rings. The molecule has 0 radical (unpaired) electrons. The van der Waals surface area contributed by atoms with Crippen molar-refractivity contribution in [3.63, 3.8) is 0 Å². The lowest BCUT2D eigenvalue weighted by Crippen LogP contribution is -2.59. The summed E-state index contributed by atoms with van der Waals surface area (Å²) in [6.45, 7) is 6.86. The van der Waals surface area contributed by atoms with Crippen molar-refractivity contribution in [1.29, 1.82) is 0 Å². The number of hydrogen-bond acceptors (Lipinski definition) is 2. The molecule has 1 fully saturated rings. The van der Waals surface area contributed by atoms with Crippen LogP contribution in [0.5, 0.6) is 0 Å². The molecule has 3 atom stereocenters. The number of rotatable bonds is 5. The zero-order valence-corrected chi connectivity index (χ0v) is 13.1. The Kier molecular flexibility index (Phi) is 5.84. The van der Waals surface area contributed by atoms with Gasteiger partial charge in [0.25, 0.3) is 0 Å². The largest absolute Gasteiger partial charge is 0.480 e. The van der Waals surface area contributed by atoms with Crippen molar-refractivity contribution in [2.75, 3.05) is 13.6 Å². The SMILES string of the molecule is CCC(C)CN(C)C(=O)NC1(C(=O)O)CCCC(C)C1. The molecule has 1 saturated carbocycles. The highest BCUT2D eigenvalue weighted by Gasteiger charge is 2.43. The van der Waals surface area contributed by atoms with Gasteiger partial charge in [-0.15, -0.1) is 0 Å². The van der Waals surface area contributed by atoms with Gasteiger partial charge in [-0.25, -0.2) is 9.59 Å². The summed E-state index contributed by atoms with van der Waals surface area (Å²) in [5.41, 5.74) is -1.08. The number of urea groups is 1. The van der Waals surface area contributed by atoms with Gasteiger partial charge in [-0.1, -0.05) is 40.0 Å². The second-order valence-electron chi connectivity index (χ2n) is 6.41. The van der Waals surface area contributed by atoms with Crippen LogP contribution in [0.3, 0.4) is 0 Å². The predicted molar refractivity (Wildman–Crippen MR) is 78.6 cm³/mol. The van der Waals surface area contributed by atoms with E-state index in [2.05, 4.69) is 19.2 Å². The summed E-state index contributed by atoms with van der Waals surface area (Å²) in [5.74, 6) is -0.161. The highest BCUT2D eigenvalue weighted by molar-refractivity contribution is 5.86. The number of nitrogens with one attached hydrogen (secondary N) is 1. The molecule has 0 aromatic rings. The molecule has 0 heterocycles. The summed E-state index contributed by atoms with van der Waals surface area (Å²) in [6.07, 6.45) is 3.93. The number of aliphatic carboxylic acids is 1. The summed E-state index contributed by atoms with van der Waals surface area (Å²) < 4.78 is 0. The van der Waals surface area contributed by atoms with Crippen LogP contribution < -0.4 is 5.32 Å². The van der Waals surface area contributed by atoms with Gasteiger partial charge in [0.1, 0.15) is 5.54 Å². The quantitative estimate of drug-likeness (QED) is 0.815. The van der Waals surface area contributed by atoms with Gasteiger partial charge >= 0.3 is 12.0 Å².